The van der Waals surface area contributed by atoms with E-state index in [2.05, 4.69) is 10.1 Å². The zero-order chi connectivity index (χ0) is 14.9. The molecule has 0 bridgehead atoms. The van der Waals surface area contributed by atoms with E-state index in [4.69, 9.17) is 4.52 Å². The van der Waals surface area contributed by atoms with E-state index in [1.165, 1.54) is 0 Å². The van der Waals surface area contributed by atoms with Crippen molar-refractivity contribution in [2.24, 2.45) is 5.41 Å². The molecule has 0 radical (unpaired) electrons. The predicted molar refractivity (Wildman–Crippen MR) is 71.8 cm³/mol. The van der Waals surface area contributed by atoms with Crippen LogP contribution in [0.4, 0.5) is 0 Å². The topological polar surface area (TPSA) is 76.3 Å². The largest absolute Gasteiger partial charge is 0.337 e. The fourth-order valence-corrected chi connectivity index (χ4v) is 2.30. The molecule has 6 heteroatoms. The van der Waals surface area contributed by atoms with Gasteiger partial charge in [0.05, 0.1) is 0 Å². The van der Waals surface area contributed by atoms with Gasteiger partial charge in [0.15, 0.2) is 5.82 Å². The van der Waals surface area contributed by atoms with Crippen LogP contribution in [0.1, 0.15) is 57.8 Å². The lowest BCUT2D eigenvalue weighted by molar-refractivity contribution is -0.150. The predicted octanol–water partition coefficient (Wildman–Crippen LogP) is 2.05. The van der Waals surface area contributed by atoms with Gasteiger partial charge in [-0.2, -0.15) is 4.98 Å². The van der Waals surface area contributed by atoms with Crippen molar-refractivity contribution in [1.82, 2.24) is 15.0 Å². The number of ketones is 1. The van der Waals surface area contributed by atoms with Crippen LogP contribution in [-0.2, 0) is 9.59 Å². The van der Waals surface area contributed by atoms with E-state index in [9.17, 15) is 9.59 Å². The van der Waals surface area contributed by atoms with Gasteiger partial charge in [-0.3, -0.25) is 9.59 Å². The number of hydrogen-bond donors (Lipinski definition) is 0. The zero-order valence-corrected chi connectivity index (χ0v) is 12.5. The number of hydrogen-bond acceptors (Lipinski definition) is 5. The van der Waals surface area contributed by atoms with Gasteiger partial charge in [-0.05, 0) is 26.2 Å². The molecule has 0 N–H and O–H groups in total. The summed E-state index contributed by atoms with van der Waals surface area (Å²) in [6.45, 7) is 7.81. The van der Waals surface area contributed by atoms with Crippen LogP contribution < -0.4 is 0 Å². The molecule has 1 fully saturated rings. The number of nitrogens with zero attached hydrogens (tertiary/aromatic N) is 3. The van der Waals surface area contributed by atoms with Crippen LogP contribution in [-0.4, -0.2) is 33.3 Å². The number of aromatic nitrogens is 2. The van der Waals surface area contributed by atoms with Gasteiger partial charge < -0.3 is 9.42 Å². The number of carbonyl (C=O) groups excluding carboxylic acids is 2. The normalized spacial score (nSPS) is 19.4. The summed E-state index contributed by atoms with van der Waals surface area (Å²) in [4.78, 5) is 30.5. The lowest BCUT2D eigenvalue weighted by Crippen LogP contribution is -2.42. The number of Topliss-reactive ketones (excluding diaryl/α,β-unsaturated/α-hetero) is 1. The molecule has 1 atom stereocenters. The fraction of sp³-hybridized carbons (Fsp3) is 0.714. The summed E-state index contributed by atoms with van der Waals surface area (Å²) < 4.78 is 5.15. The van der Waals surface area contributed by atoms with Crippen molar-refractivity contribution in [3.05, 3.63) is 11.7 Å². The third-order valence-electron chi connectivity index (χ3n) is 4.03. The highest BCUT2D eigenvalue weighted by molar-refractivity contribution is 6.38. The van der Waals surface area contributed by atoms with Crippen LogP contribution in [0.3, 0.4) is 0 Å². The van der Waals surface area contributed by atoms with Crippen molar-refractivity contribution in [2.75, 3.05) is 6.54 Å². The first-order chi connectivity index (χ1) is 9.36. The molecule has 0 aliphatic carbocycles. The first-order valence-electron chi connectivity index (χ1n) is 7.02. The molecule has 2 heterocycles. The van der Waals surface area contributed by atoms with E-state index in [0.717, 1.165) is 12.8 Å². The molecule has 2 rings (SSSR count). The minimum atomic E-state index is -0.630. The summed E-state index contributed by atoms with van der Waals surface area (Å²) in [6.07, 6.45) is 2.24. The minimum Gasteiger partial charge on any atom is -0.337 e. The lowest BCUT2D eigenvalue weighted by atomic mass is 9.84. The van der Waals surface area contributed by atoms with Crippen LogP contribution in [0.25, 0.3) is 0 Å². The first-order valence-corrected chi connectivity index (χ1v) is 7.02. The zero-order valence-electron chi connectivity index (χ0n) is 12.5. The second-order valence-corrected chi connectivity index (χ2v) is 5.90. The summed E-state index contributed by atoms with van der Waals surface area (Å²) in [6, 6.07) is -0.264. The van der Waals surface area contributed by atoms with Crippen molar-refractivity contribution in [2.45, 2.75) is 53.0 Å². The van der Waals surface area contributed by atoms with Gasteiger partial charge in [-0.1, -0.05) is 25.9 Å². The van der Waals surface area contributed by atoms with Crippen molar-refractivity contribution in [1.29, 1.82) is 0 Å². The number of amides is 1. The van der Waals surface area contributed by atoms with E-state index in [1.54, 1.807) is 25.7 Å². The van der Waals surface area contributed by atoms with Gasteiger partial charge >= 0.3 is 0 Å². The Labute approximate surface area is 118 Å². The van der Waals surface area contributed by atoms with Crippen LogP contribution in [0.5, 0.6) is 0 Å². The maximum atomic E-state index is 12.4. The summed E-state index contributed by atoms with van der Waals surface area (Å²) in [5, 5.41) is 3.76. The van der Waals surface area contributed by atoms with Crippen LogP contribution in [0.15, 0.2) is 4.52 Å². The quantitative estimate of drug-likeness (QED) is 0.788. The molecule has 1 unspecified atom stereocenters. The van der Waals surface area contributed by atoms with E-state index >= 15 is 0 Å². The number of aryl methyl sites for hydroxylation is 1. The van der Waals surface area contributed by atoms with Gasteiger partial charge in [0.1, 0.15) is 6.04 Å². The van der Waals surface area contributed by atoms with Gasteiger partial charge in [0.25, 0.3) is 5.91 Å². The average molecular weight is 279 g/mol. The van der Waals surface area contributed by atoms with Crippen LogP contribution in [0, 0.1) is 12.3 Å². The van der Waals surface area contributed by atoms with E-state index in [1.807, 2.05) is 6.92 Å². The molecule has 1 aliphatic rings. The Balaban J connectivity index is 2.19. The third-order valence-corrected chi connectivity index (χ3v) is 4.03. The molecule has 0 aromatic carbocycles. The molecule has 20 heavy (non-hydrogen) atoms. The Hall–Kier alpha value is -1.72. The number of carbonyl (C=O) groups is 2. The summed E-state index contributed by atoms with van der Waals surface area (Å²) in [7, 11) is 0. The Morgan fingerprint density at radius 1 is 1.45 bits per heavy atom. The van der Waals surface area contributed by atoms with Gasteiger partial charge in [0, 0.05) is 12.0 Å². The van der Waals surface area contributed by atoms with E-state index < -0.39 is 11.3 Å². The Bertz CT molecular complexity index is 521. The van der Waals surface area contributed by atoms with Crippen LogP contribution in [0.2, 0.25) is 0 Å². The summed E-state index contributed by atoms with van der Waals surface area (Å²) in [5.41, 5.74) is -0.630. The molecule has 1 aliphatic heterocycles. The maximum absolute atomic E-state index is 12.4. The van der Waals surface area contributed by atoms with Crippen molar-refractivity contribution < 1.29 is 14.1 Å². The molecule has 1 saturated heterocycles. The van der Waals surface area contributed by atoms with Gasteiger partial charge in [-0.15, -0.1) is 0 Å². The van der Waals surface area contributed by atoms with Crippen LogP contribution >= 0.6 is 0 Å². The van der Waals surface area contributed by atoms with Crippen molar-refractivity contribution in [3.8, 4) is 0 Å². The van der Waals surface area contributed by atoms with Gasteiger partial charge in [0.2, 0.25) is 11.7 Å². The molecule has 110 valence electrons. The molecule has 0 spiro atoms. The third kappa shape index (κ3) is 2.59. The minimum absolute atomic E-state index is 0.264. The summed E-state index contributed by atoms with van der Waals surface area (Å²) >= 11 is 0. The SMILES string of the molecule is CCC(C)(C)C(=O)C(=O)N1CCCC1c1nc(C)no1. The molecule has 1 amide bonds. The fourth-order valence-electron chi connectivity index (χ4n) is 2.30. The standard InChI is InChI=1S/C14H21N3O3/c1-5-14(3,4)11(18)13(19)17-8-6-7-10(17)12-15-9(2)16-20-12/h10H,5-8H2,1-4H3. The molecule has 1 aromatic heterocycles. The van der Waals surface area contributed by atoms with Gasteiger partial charge in [-0.25, -0.2) is 0 Å². The highest BCUT2D eigenvalue weighted by Gasteiger charge is 2.40. The van der Waals surface area contributed by atoms with E-state index in [-0.39, 0.29) is 11.8 Å². The average Bonchev–Trinajstić information content (AvgIpc) is 3.05. The molecule has 1 aromatic rings. The monoisotopic (exact) mass is 279 g/mol. The molecular formula is C14H21N3O3. The first kappa shape index (κ1) is 14.7. The number of likely N-dealkylation sites (tertiary alicyclic amines) is 1. The van der Waals surface area contributed by atoms with E-state index in [0.29, 0.717) is 24.7 Å². The van der Waals surface area contributed by atoms with Crippen molar-refractivity contribution in [3.63, 3.8) is 0 Å². The molecule has 0 saturated carbocycles. The maximum Gasteiger partial charge on any atom is 0.291 e. The highest BCUT2D eigenvalue weighted by atomic mass is 16.5. The highest BCUT2D eigenvalue weighted by Crippen LogP contribution is 2.33. The number of rotatable bonds is 4. The smallest absolute Gasteiger partial charge is 0.291 e. The lowest BCUT2D eigenvalue weighted by Gasteiger charge is -2.26. The van der Waals surface area contributed by atoms with Crippen molar-refractivity contribution >= 4 is 11.7 Å². The second kappa shape index (κ2) is 5.34. The second-order valence-electron chi connectivity index (χ2n) is 5.90. The Morgan fingerprint density at radius 3 is 2.70 bits per heavy atom. The Morgan fingerprint density at radius 2 is 2.15 bits per heavy atom. The Kier molecular flexibility index (Phi) is 3.92. The molecular weight excluding hydrogens is 258 g/mol. The molecule has 6 nitrogen and oxygen atoms in total. The summed E-state index contributed by atoms with van der Waals surface area (Å²) in [5.74, 6) is 0.188.